The highest BCUT2D eigenvalue weighted by Gasteiger charge is 2.29. The maximum Gasteiger partial charge on any atom is 0.422 e. The average Bonchev–Trinajstić information content (AvgIpc) is 3.14. The molecule has 0 radical (unpaired) electrons. The zero-order chi connectivity index (χ0) is 23.9. The lowest BCUT2D eigenvalue weighted by molar-refractivity contribution is -0.153. The number of alkyl halides is 3. The molecular formula is C23H19F3N2O4S. The normalized spacial score (nSPS) is 11.7. The maximum absolute atomic E-state index is 13.1. The number of hydrogen-bond donors (Lipinski definition) is 1. The molecule has 4 rings (SSSR count). The van der Waals surface area contributed by atoms with Crippen LogP contribution in [0.1, 0.15) is 5.69 Å². The Morgan fingerprint density at radius 2 is 1.88 bits per heavy atom. The van der Waals surface area contributed by atoms with E-state index < -0.39 is 18.3 Å². The van der Waals surface area contributed by atoms with Crippen LogP contribution in [0.25, 0.3) is 31.7 Å². The Bertz CT molecular complexity index is 1410. The molecule has 0 spiro atoms. The molecule has 1 N–H and O–H groups in total. The third-order valence-electron chi connectivity index (χ3n) is 5.05. The first-order valence-electron chi connectivity index (χ1n) is 9.77. The first kappa shape index (κ1) is 22.7. The van der Waals surface area contributed by atoms with Gasteiger partial charge in [-0.05, 0) is 37.3 Å². The largest absolute Gasteiger partial charge is 0.505 e. The summed E-state index contributed by atoms with van der Waals surface area (Å²) < 4.78 is 49.9. The molecule has 0 aliphatic carbocycles. The molecule has 2 aromatic heterocycles. The predicted molar refractivity (Wildman–Crippen MR) is 120 cm³/mol. The van der Waals surface area contributed by atoms with E-state index in [1.807, 2.05) is 6.07 Å². The van der Waals surface area contributed by atoms with E-state index in [9.17, 15) is 23.1 Å². The summed E-state index contributed by atoms with van der Waals surface area (Å²) in [5.41, 5.74) is 0.936. The van der Waals surface area contributed by atoms with E-state index in [0.29, 0.717) is 31.8 Å². The standard InChI is InChI=1S/C23H19F3N2O4S/c1-12-20(29)19(22(30)28(2)27-12)18-15-9-8-13(32-11-23(24,25)26)10-17(15)33-21(18)14-6-4-5-7-16(14)31-3/h4-10,29H,11H2,1-3H3. The number of fused-ring (bicyclic) bond motifs is 1. The highest BCUT2D eigenvalue weighted by Crippen LogP contribution is 2.49. The van der Waals surface area contributed by atoms with E-state index >= 15 is 0 Å². The molecule has 10 heteroatoms. The second-order valence-electron chi connectivity index (χ2n) is 7.31. The lowest BCUT2D eigenvalue weighted by atomic mass is 9.98. The van der Waals surface area contributed by atoms with Crippen LogP contribution in [0.5, 0.6) is 17.2 Å². The molecule has 0 unspecified atom stereocenters. The molecule has 0 aliphatic rings. The van der Waals surface area contributed by atoms with Gasteiger partial charge in [0.25, 0.3) is 5.56 Å². The van der Waals surface area contributed by atoms with Gasteiger partial charge in [0, 0.05) is 33.1 Å². The summed E-state index contributed by atoms with van der Waals surface area (Å²) in [6.45, 7) is 0.166. The number of methoxy groups -OCH3 is 1. The van der Waals surface area contributed by atoms with E-state index in [1.165, 1.54) is 37.6 Å². The summed E-state index contributed by atoms with van der Waals surface area (Å²) in [5, 5.41) is 15.4. The molecule has 0 fully saturated rings. The molecule has 6 nitrogen and oxygen atoms in total. The number of para-hydroxylation sites is 1. The van der Waals surface area contributed by atoms with Gasteiger partial charge < -0.3 is 14.6 Å². The quantitative estimate of drug-likeness (QED) is 0.424. The fraction of sp³-hybridized carbons (Fsp3) is 0.217. The second kappa shape index (κ2) is 8.43. The number of aromatic nitrogens is 2. The van der Waals surface area contributed by atoms with Gasteiger partial charge in [0.2, 0.25) is 0 Å². The Balaban J connectivity index is 2.03. The van der Waals surface area contributed by atoms with Crippen LogP contribution in [0.2, 0.25) is 0 Å². The minimum atomic E-state index is -4.47. The van der Waals surface area contributed by atoms with Crippen molar-refractivity contribution in [3.05, 3.63) is 58.5 Å². The molecule has 0 aliphatic heterocycles. The molecule has 33 heavy (non-hydrogen) atoms. The van der Waals surface area contributed by atoms with Gasteiger partial charge in [-0.1, -0.05) is 12.1 Å². The van der Waals surface area contributed by atoms with Crippen LogP contribution >= 0.6 is 11.3 Å². The highest BCUT2D eigenvalue weighted by molar-refractivity contribution is 7.23. The SMILES string of the molecule is COc1ccccc1-c1sc2cc(OCC(F)(F)F)ccc2c1-c1c(O)c(C)nn(C)c1=O. The van der Waals surface area contributed by atoms with Gasteiger partial charge in [-0.3, -0.25) is 4.79 Å². The van der Waals surface area contributed by atoms with Crippen LogP contribution in [0.3, 0.4) is 0 Å². The Morgan fingerprint density at radius 1 is 1.15 bits per heavy atom. The first-order valence-corrected chi connectivity index (χ1v) is 10.6. The number of thiophene rings is 1. The number of aromatic hydroxyl groups is 1. The van der Waals surface area contributed by atoms with Crippen LogP contribution in [0.15, 0.2) is 47.3 Å². The van der Waals surface area contributed by atoms with Crippen molar-refractivity contribution in [1.29, 1.82) is 0 Å². The van der Waals surface area contributed by atoms with Crippen molar-refractivity contribution in [3.63, 3.8) is 0 Å². The van der Waals surface area contributed by atoms with Gasteiger partial charge in [-0.2, -0.15) is 18.3 Å². The number of nitrogens with zero attached hydrogens (tertiary/aromatic N) is 2. The molecule has 0 saturated carbocycles. The molecule has 0 atom stereocenters. The molecule has 0 saturated heterocycles. The van der Waals surface area contributed by atoms with Crippen molar-refractivity contribution < 1.29 is 27.8 Å². The maximum atomic E-state index is 13.1. The number of hydrogen-bond acceptors (Lipinski definition) is 6. The lowest BCUT2D eigenvalue weighted by Crippen LogP contribution is -2.22. The van der Waals surface area contributed by atoms with Gasteiger partial charge in [0.15, 0.2) is 12.4 Å². The van der Waals surface area contributed by atoms with Crippen LogP contribution in [0, 0.1) is 6.92 Å². The second-order valence-corrected chi connectivity index (χ2v) is 8.36. The smallest absolute Gasteiger partial charge is 0.422 e. The van der Waals surface area contributed by atoms with Crippen LogP contribution in [0.4, 0.5) is 13.2 Å². The molecule has 2 aromatic carbocycles. The van der Waals surface area contributed by atoms with Gasteiger partial charge >= 0.3 is 6.18 Å². The van der Waals surface area contributed by atoms with Gasteiger partial charge in [0.05, 0.1) is 12.7 Å². The third kappa shape index (κ3) is 4.25. The first-order chi connectivity index (χ1) is 15.6. The van der Waals surface area contributed by atoms with Gasteiger partial charge in [-0.15, -0.1) is 11.3 Å². The molecule has 0 bridgehead atoms. The van der Waals surface area contributed by atoms with Crippen LogP contribution in [-0.4, -0.2) is 34.8 Å². The van der Waals surface area contributed by atoms with E-state index in [1.54, 1.807) is 31.2 Å². The molecular weight excluding hydrogens is 457 g/mol. The van der Waals surface area contributed by atoms with Crippen LogP contribution < -0.4 is 15.0 Å². The van der Waals surface area contributed by atoms with Crippen molar-refractivity contribution in [2.24, 2.45) is 7.05 Å². The fourth-order valence-corrected chi connectivity index (χ4v) is 4.86. The van der Waals surface area contributed by atoms with Crippen molar-refractivity contribution in [3.8, 4) is 38.8 Å². The van der Waals surface area contributed by atoms with Crippen molar-refractivity contribution in [2.75, 3.05) is 13.7 Å². The summed E-state index contributed by atoms with van der Waals surface area (Å²) in [6.07, 6.45) is -4.47. The number of rotatable bonds is 5. The Kier molecular flexibility index (Phi) is 5.79. The predicted octanol–water partition coefficient (Wildman–Crippen LogP) is 5.29. The molecule has 4 aromatic rings. The molecule has 172 valence electrons. The van der Waals surface area contributed by atoms with E-state index in [0.717, 1.165) is 4.68 Å². The summed E-state index contributed by atoms with van der Waals surface area (Å²) in [6, 6.07) is 11.7. The Morgan fingerprint density at radius 3 is 2.58 bits per heavy atom. The van der Waals surface area contributed by atoms with Crippen molar-refractivity contribution in [2.45, 2.75) is 13.1 Å². The van der Waals surface area contributed by atoms with Crippen molar-refractivity contribution >= 4 is 21.4 Å². The minimum absolute atomic E-state index is 0.0437. The highest BCUT2D eigenvalue weighted by atomic mass is 32.1. The zero-order valence-electron chi connectivity index (χ0n) is 17.9. The summed E-state index contributed by atoms with van der Waals surface area (Å²) in [7, 11) is 3.00. The minimum Gasteiger partial charge on any atom is -0.505 e. The molecule has 0 amide bonds. The zero-order valence-corrected chi connectivity index (χ0v) is 18.7. The van der Waals surface area contributed by atoms with E-state index in [4.69, 9.17) is 9.47 Å². The molecule has 2 heterocycles. The van der Waals surface area contributed by atoms with Gasteiger partial charge in [0.1, 0.15) is 17.2 Å². The average molecular weight is 476 g/mol. The van der Waals surface area contributed by atoms with E-state index in [-0.39, 0.29) is 22.8 Å². The summed E-state index contributed by atoms with van der Waals surface area (Å²) in [5.74, 6) is 0.328. The van der Waals surface area contributed by atoms with E-state index in [2.05, 4.69) is 5.10 Å². The Hall–Kier alpha value is -3.53. The lowest BCUT2D eigenvalue weighted by Gasteiger charge is -2.12. The summed E-state index contributed by atoms with van der Waals surface area (Å²) in [4.78, 5) is 13.7. The van der Waals surface area contributed by atoms with Crippen molar-refractivity contribution in [1.82, 2.24) is 9.78 Å². The third-order valence-corrected chi connectivity index (χ3v) is 6.24. The monoisotopic (exact) mass is 476 g/mol. The topological polar surface area (TPSA) is 73.6 Å². The fourth-order valence-electron chi connectivity index (χ4n) is 3.59. The Labute approximate surface area is 190 Å². The van der Waals surface area contributed by atoms with Gasteiger partial charge in [-0.25, -0.2) is 4.68 Å². The summed E-state index contributed by atoms with van der Waals surface area (Å²) >= 11 is 1.26. The number of aryl methyl sites for hydroxylation is 2. The number of halogens is 3. The number of benzene rings is 2. The number of ether oxygens (including phenoxy) is 2. The van der Waals surface area contributed by atoms with Crippen LogP contribution in [-0.2, 0) is 7.05 Å².